The Morgan fingerprint density at radius 1 is 1.26 bits per heavy atom. The molecule has 0 aliphatic carbocycles. The number of carbonyl (C=O) groups excluding carboxylic acids is 2. The minimum Gasteiger partial charge on any atom is -0.409 e. The van der Waals surface area contributed by atoms with Crippen LogP contribution < -0.4 is 15.5 Å². The predicted molar refractivity (Wildman–Crippen MR) is 71.7 cm³/mol. The number of rotatable bonds is 5. The number of nitrogens with one attached hydrogen (secondary N) is 2. The van der Waals surface area contributed by atoms with Gasteiger partial charge in [0.05, 0.1) is 0 Å². The molecule has 0 atom stereocenters. The fourth-order valence-electron chi connectivity index (χ4n) is 1.49. The van der Waals surface area contributed by atoms with Gasteiger partial charge in [-0.15, -0.1) is 0 Å². The summed E-state index contributed by atoms with van der Waals surface area (Å²) in [6.45, 7) is 0. The van der Waals surface area contributed by atoms with Crippen LogP contribution in [-0.4, -0.2) is 38.2 Å². The van der Waals surface area contributed by atoms with Crippen molar-refractivity contribution in [3.8, 4) is 5.75 Å². The van der Waals surface area contributed by atoms with Crippen molar-refractivity contribution in [3.05, 3.63) is 29.8 Å². The molecule has 0 saturated carbocycles. The van der Waals surface area contributed by atoms with E-state index in [1.807, 2.05) is 12.1 Å². The number of hydrazine groups is 1. The van der Waals surface area contributed by atoms with Crippen LogP contribution in [0.25, 0.3) is 0 Å². The fraction of sp³-hybridized carbons (Fsp3) is 0.385. The van der Waals surface area contributed by atoms with Crippen LogP contribution in [-0.2, 0) is 11.2 Å². The topological polar surface area (TPSA) is 70.7 Å². The first-order chi connectivity index (χ1) is 9.02. The van der Waals surface area contributed by atoms with E-state index in [1.54, 1.807) is 33.3 Å². The van der Waals surface area contributed by atoms with Gasteiger partial charge in [-0.1, -0.05) is 18.2 Å². The van der Waals surface area contributed by atoms with Crippen LogP contribution in [0.1, 0.15) is 12.0 Å². The summed E-state index contributed by atoms with van der Waals surface area (Å²) in [5.41, 5.74) is 3.31. The molecule has 0 radical (unpaired) electrons. The number of aryl methyl sites for hydroxylation is 1. The highest BCUT2D eigenvalue weighted by atomic mass is 16.6. The first-order valence-corrected chi connectivity index (χ1v) is 5.97. The number of hydrogen-bond acceptors (Lipinski definition) is 4. The zero-order valence-electron chi connectivity index (χ0n) is 11.4. The third kappa shape index (κ3) is 5.39. The maximum Gasteiger partial charge on any atom is 0.427 e. The fourth-order valence-corrected chi connectivity index (χ4v) is 1.49. The molecular weight excluding hydrogens is 246 g/mol. The quantitative estimate of drug-likeness (QED) is 0.777. The third-order valence-electron chi connectivity index (χ3n) is 2.39. The molecule has 0 aliphatic heterocycles. The Kier molecular flexibility index (Phi) is 5.81. The van der Waals surface area contributed by atoms with Crippen LogP contribution in [0, 0.1) is 0 Å². The zero-order chi connectivity index (χ0) is 14.3. The van der Waals surface area contributed by atoms with Crippen molar-refractivity contribution in [3.63, 3.8) is 0 Å². The highest BCUT2D eigenvalue weighted by molar-refractivity contribution is 5.76. The first kappa shape index (κ1) is 15.0. The molecule has 6 nitrogen and oxygen atoms in total. The van der Waals surface area contributed by atoms with Gasteiger partial charge in [0.15, 0.2) is 0 Å². The summed E-state index contributed by atoms with van der Waals surface area (Å²) in [7, 11) is 4.98. The van der Waals surface area contributed by atoms with E-state index in [2.05, 4.69) is 10.7 Å². The summed E-state index contributed by atoms with van der Waals surface area (Å²) in [5.74, 6) is 0.415. The average molecular weight is 265 g/mol. The van der Waals surface area contributed by atoms with Crippen LogP contribution in [0.5, 0.6) is 5.75 Å². The van der Waals surface area contributed by atoms with Crippen molar-refractivity contribution in [2.45, 2.75) is 12.8 Å². The van der Waals surface area contributed by atoms with E-state index in [0.717, 1.165) is 5.56 Å². The smallest absolute Gasteiger partial charge is 0.409 e. The number of ether oxygens (including phenoxy) is 1. The molecule has 0 unspecified atom stereocenters. The van der Waals surface area contributed by atoms with Gasteiger partial charge >= 0.3 is 6.09 Å². The van der Waals surface area contributed by atoms with Crippen molar-refractivity contribution >= 4 is 12.0 Å². The highest BCUT2D eigenvalue weighted by Crippen LogP contribution is 2.19. The molecule has 19 heavy (non-hydrogen) atoms. The van der Waals surface area contributed by atoms with Crippen LogP contribution >= 0.6 is 0 Å². The van der Waals surface area contributed by atoms with E-state index < -0.39 is 6.09 Å². The van der Waals surface area contributed by atoms with E-state index >= 15 is 0 Å². The van der Waals surface area contributed by atoms with E-state index in [-0.39, 0.29) is 5.91 Å². The van der Waals surface area contributed by atoms with Crippen LogP contribution in [0.3, 0.4) is 0 Å². The van der Waals surface area contributed by atoms with Gasteiger partial charge in [0.2, 0.25) is 5.91 Å². The minimum atomic E-state index is -0.558. The molecule has 1 aromatic rings. The molecule has 104 valence electrons. The van der Waals surface area contributed by atoms with Crippen molar-refractivity contribution in [2.24, 2.45) is 0 Å². The van der Waals surface area contributed by atoms with Crippen molar-refractivity contribution < 1.29 is 14.3 Å². The van der Waals surface area contributed by atoms with Gasteiger partial charge in [-0.25, -0.2) is 9.80 Å². The largest absolute Gasteiger partial charge is 0.427 e. The maximum atomic E-state index is 11.5. The molecule has 0 bridgehead atoms. The Hall–Kier alpha value is -2.08. The summed E-state index contributed by atoms with van der Waals surface area (Å²) in [4.78, 5) is 22.7. The molecular formula is C13H19N3O3. The molecule has 2 amide bonds. The second-order valence-corrected chi connectivity index (χ2v) is 4.18. The second kappa shape index (κ2) is 7.38. The standard InChI is InChI=1S/C13H19N3O3/c1-14-12(17)9-8-10-6-4-5-7-11(10)19-13(18)15-16(2)3/h4-7H,8-9H2,1-3H3,(H,14,17)(H,15,18). The monoisotopic (exact) mass is 265 g/mol. The SMILES string of the molecule is CNC(=O)CCc1ccccc1OC(=O)NN(C)C. The number of nitrogens with zero attached hydrogens (tertiary/aromatic N) is 1. The van der Waals surface area contributed by atoms with Gasteiger partial charge in [0, 0.05) is 27.6 Å². The Balaban J connectivity index is 2.67. The van der Waals surface area contributed by atoms with Gasteiger partial charge in [0.25, 0.3) is 0 Å². The maximum absolute atomic E-state index is 11.5. The summed E-state index contributed by atoms with van der Waals surface area (Å²) in [6.07, 6.45) is 0.314. The number of carbonyl (C=O) groups is 2. The van der Waals surface area contributed by atoms with Crippen molar-refractivity contribution in [1.29, 1.82) is 0 Å². The van der Waals surface area contributed by atoms with E-state index in [0.29, 0.717) is 18.6 Å². The Labute approximate surface area is 112 Å². The molecule has 1 rings (SSSR count). The van der Waals surface area contributed by atoms with Crippen LogP contribution in [0.2, 0.25) is 0 Å². The second-order valence-electron chi connectivity index (χ2n) is 4.18. The Bertz CT molecular complexity index is 447. The number of hydrogen-bond donors (Lipinski definition) is 2. The predicted octanol–water partition coefficient (Wildman–Crippen LogP) is 0.930. The molecule has 0 aromatic heterocycles. The molecule has 0 saturated heterocycles. The lowest BCUT2D eigenvalue weighted by molar-refractivity contribution is -0.120. The number of para-hydroxylation sites is 1. The molecule has 2 N–H and O–H groups in total. The summed E-state index contributed by atoms with van der Waals surface area (Å²) >= 11 is 0. The Morgan fingerprint density at radius 3 is 2.58 bits per heavy atom. The van der Waals surface area contributed by atoms with Gasteiger partial charge in [-0.05, 0) is 18.1 Å². The van der Waals surface area contributed by atoms with Gasteiger partial charge in [-0.2, -0.15) is 0 Å². The molecule has 0 spiro atoms. The van der Waals surface area contributed by atoms with Crippen molar-refractivity contribution in [1.82, 2.24) is 15.8 Å². The lowest BCUT2D eigenvalue weighted by Gasteiger charge is -2.13. The molecule has 0 fully saturated rings. The molecule has 0 heterocycles. The van der Waals surface area contributed by atoms with Crippen molar-refractivity contribution in [2.75, 3.05) is 21.1 Å². The highest BCUT2D eigenvalue weighted by Gasteiger charge is 2.10. The lowest BCUT2D eigenvalue weighted by atomic mass is 10.1. The summed E-state index contributed by atoms with van der Waals surface area (Å²) in [6, 6.07) is 7.16. The zero-order valence-corrected chi connectivity index (χ0v) is 11.4. The number of benzene rings is 1. The average Bonchev–Trinajstić information content (AvgIpc) is 2.36. The summed E-state index contributed by atoms with van der Waals surface area (Å²) in [5, 5.41) is 4.05. The van der Waals surface area contributed by atoms with E-state index in [9.17, 15) is 9.59 Å². The molecule has 0 aliphatic rings. The summed E-state index contributed by atoms with van der Waals surface area (Å²) < 4.78 is 5.20. The Morgan fingerprint density at radius 2 is 1.95 bits per heavy atom. The number of amides is 2. The van der Waals surface area contributed by atoms with E-state index in [4.69, 9.17) is 4.74 Å². The lowest BCUT2D eigenvalue weighted by Crippen LogP contribution is -2.38. The normalized spacial score (nSPS) is 10.1. The van der Waals surface area contributed by atoms with E-state index in [1.165, 1.54) is 5.01 Å². The first-order valence-electron chi connectivity index (χ1n) is 5.97. The van der Waals surface area contributed by atoms with Crippen LogP contribution in [0.4, 0.5) is 4.79 Å². The molecule has 6 heteroatoms. The van der Waals surface area contributed by atoms with Gasteiger partial charge < -0.3 is 10.1 Å². The minimum absolute atomic E-state index is 0.0486. The molecule has 1 aromatic carbocycles. The van der Waals surface area contributed by atoms with Crippen LogP contribution in [0.15, 0.2) is 24.3 Å². The van der Waals surface area contributed by atoms with Gasteiger partial charge in [-0.3, -0.25) is 10.2 Å². The van der Waals surface area contributed by atoms with Gasteiger partial charge in [0.1, 0.15) is 5.75 Å². The third-order valence-corrected chi connectivity index (χ3v) is 2.39.